The van der Waals surface area contributed by atoms with Gasteiger partial charge in [-0.1, -0.05) is 24.3 Å². The Balaban J connectivity index is 1.51. The average Bonchev–Trinajstić information content (AvgIpc) is 3.45. The third kappa shape index (κ3) is 3.94. The number of ether oxygens (including phenoxy) is 3. The smallest absolute Gasteiger partial charge is 0.231 e. The molecule has 2 aliphatic heterocycles. The fourth-order valence-corrected chi connectivity index (χ4v) is 4.20. The molecule has 0 spiro atoms. The Morgan fingerprint density at radius 1 is 1.03 bits per heavy atom. The third-order valence-corrected chi connectivity index (χ3v) is 5.91. The van der Waals surface area contributed by atoms with Gasteiger partial charge < -0.3 is 19.1 Å². The van der Waals surface area contributed by atoms with Crippen molar-refractivity contribution in [1.82, 2.24) is 30.0 Å². The van der Waals surface area contributed by atoms with Crippen molar-refractivity contribution in [3.05, 3.63) is 59.4 Å². The van der Waals surface area contributed by atoms with Crippen LogP contribution in [0.2, 0.25) is 0 Å². The van der Waals surface area contributed by atoms with Gasteiger partial charge in [0.2, 0.25) is 6.79 Å². The van der Waals surface area contributed by atoms with Crippen molar-refractivity contribution < 1.29 is 14.2 Å². The molecule has 9 heteroatoms. The molecule has 3 aromatic rings. The van der Waals surface area contributed by atoms with E-state index in [0.717, 1.165) is 60.4 Å². The minimum Gasteiger partial charge on any atom is -0.496 e. The number of fused-ring (bicyclic) bond motifs is 1. The first-order chi connectivity index (χ1) is 15.2. The van der Waals surface area contributed by atoms with Gasteiger partial charge in [-0.2, -0.15) is 0 Å². The quantitative estimate of drug-likeness (QED) is 0.595. The summed E-state index contributed by atoms with van der Waals surface area (Å²) in [5.74, 6) is 3.16. The van der Waals surface area contributed by atoms with Crippen LogP contribution in [0.5, 0.6) is 17.2 Å². The second-order valence-corrected chi connectivity index (χ2v) is 7.87. The Bertz CT molecular complexity index is 1050. The highest BCUT2D eigenvalue weighted by Gasteiger charge is 2.32. The van der Waals surface area contributed by atoms with Gasteiger partial charge in [-0.3, -0.25) is 4.90 Å². The van der Waals surface area contributed by atoms with Crippen molar-refractivity contribution in [1.29, 1.82) is 0 Å². The molecule has 0 saturated carbocycles. The van der Waals surface area contributed by atoms with Crippen LogP contribution in [-0.4, -0.2) is 77.1 Å². The number of tetrazole rings is 1. The first-order valence-corrected chi connectivity index (χ1v) is 10.4. The maximum Gasteiger partial charge on any atom is 0.231 e. The Hall–Kier alpha value is -3.17. The molecule has 31 heavy (non-hydrogen) atoms. The molecule has 2 aliphatic rings. The zero-order valence-corrected chi connectivity index (χ0v) is 17.8. The normalized spacial score (nSPS) is 17.6. The number of nitrogens with zero attached hydrogens (tertiary/aromatic N) is 6. The molecule has 1 unspecified atom stereocenters. The fraction of sp³-hybridized carbons (Fsp3) is 0.409. The van der Waals surface area contributed by atoms with Crippen molar-refractivity contribution >= 4 is 0 Å². The number of aromatic nitrogens is 4. The first kappa shape index (κ1) is 19.8. The van der Waals surface area contributed by atoms with Crippen LogP contribution < -0.4 is 14.2 Å². The van der Waals surface area contributed by atoms with Crippen molar-refractivity contribution in [3.8, 4) is 17.2 Å². The summed E-state index contributed by atoms with van der Waals surface area (Å²) in [4.78, 5) is 4.77. The summed E-state index contributed by atoms with van der Waals surface area (Å²) in [5, 5.41) is 12.8. The Kier molecular flexibility index (Phi) is 5.44. The molecule has 0 bridgehead atoms. The lowest BCUT2D eigenvalue weighted by Crippen LogP contribution is -2.46. The lowest BCUT2D eigenvalue weighted by molar-refractivity contribution is 0.120. The summed E-state index contributed by atoms with van der Waals surface area (Å²) in [6, 6.07) is 13.9. The van der Waals surface area contributed by atoms with Crippen LogP contribution in [0.3, 0.4) is 0 Å². The minimum absolute atomic E-state index is 0.103. The van der Waals surface area contributed by atoms with Crippen molar-refractivity contribution in [2.75, 3.05) is 47.1 Å². The van der Waals surface area contributed by atoms with Gasteiger partial charge in [0.25, 0.3) is 0 Å². The molecular weight excluding hydrogens is 396 g/mol. The lowest BCUT2D eigenvalue weighted by atomic mass is 10.0. The zero-order valence-electron chi connectivity index (χ0n) is 17.8. The molecule has 162 valence electrons. The minimum atomic E-state index is -0.103. The predicted octanol–water partition coefficient (Wildman–Crippen LogP) is 1.80. The highest BCUT2D eigenvalue weighted by Crippen LogP contribution is 2.35. The van der Waals surface area contributed by atoms with Crippen molar-refractivity contribution in [2.24, 2.45) is 0 Å². The van der Waals surface area contributed by atoms with Crippen LogP contribution in [0.15, 0.2) is 42.5 Å². The summed E-state index contributed by atoms with van der Waals surface area (Å²) >= 11 is 0. The Morgan fingerprint density at radius 3 is 2.68 bits per heavy atom. The molecule has 0 amide bonds. The Labute approximate surface area is 181 Å². The van der Waals surface area contributed by atoms with E-state index in [4.69, 9.17) is 14.2 Å². The van der Waals surface area contributed by atoms with Gasteiger partial charge in [-0.15, -0.1) is 5.10 Å². The molecular formula is C22H26N6O3. The standard InChI is InChI=1S/C22H26N6O3/c1-26-9-11-27(12-10-26)21(17-5-3-4-6-18(17)29-2)22-23-24-25-28(22)14-16-7-8-19-20(13-16)31-15-30-19/h3-8,13,21H,9-12,14-15H2,1-2H3. The molecule has 2 aromatic carbocycles. The number of piperazine rings is 1. The van der Waals surface area contributed by atoms with E-state index >= 15 is 0 Å². The van der Waals surface area contributed by atoms with Crippen LogP contribution in [0.4, 0.5) is 0 Å². The topological polar surface area (TPSA) is 77.8 Å². The molecule has 0 radical (unpaired) electrons. The third-order valence-electron chi connectivity index (χ3n) is 5.91. The van der Waals surface area contributed by atoms with Crippen LogP contribution >= 0.6 is 0 Å². The highest BCUT2D eigenvalue weighted by molar-refractivity contribution is 5.44. The summed E-state index contributed by atoms with van der Waals surface area (Å²) in [5.41, 5.74) is 2.12. The molecule has 1 aromatic heterocycles. The number of para-hydroxylation sites is 1. The number of rotatable bonds is 6. The van der Waals surface area contributed by atoms with Gasteiger partial charge in [0.1, 0.15) is 11.8 Å². The van der Waals surface area contributed by atoms with E-state index in [1.807, 2.05) is 41.1 Å². The molecule has 0 aliphatic carbocycles. The fourth-order valence-electron chi connectivity index (χ4n) is 4.20. The van der Waals surface area contributed by atoms with E-state index in [1.165, 1.54) is 0 Å². The van der Waals surface area contributed by atoms with Crippen LogP contribution in [0, 0.1) is 0 Å². The maximum atomic E-state index is 5.70. The van der Waals surface area contributed by atoms with E-state index in [9.17, 15) is 0 Å². The van der Waals surface area contributed by atoms with Gasteiger partial charge in [0.05, 0.1) is 13.7 Å². The lowest BCUT2D eigenvalue weighted by Gasteiger charge is -2.37. The number of methoxy groups -OCH3 is 1. The molecule has 1 atom stereocenters. The number of benzene rings is 2. The zero-order chi connectivity index (χ0) is 21.2. The number of hydrogen-bond donors (Lipinski definition) is 0. The first-order valence-electron chi connectivity index (χ1n) is 10.4. The molecule has 3 heterocycles. The second kappa shape index (κ2) is 8.52. The predicted molar refractivity (Wildman–Crippen MR) is 113 cm³/mol. The van der Waals surface area contributed by atoms with E-state index in [1.54, 1.807) is 7.11 Å². The SMILES string of the molecule is COc1ccccc1C(c1nnnn1Cc1ccc2c(c1)OCO2)N1CCN(C)CC1. The van der Waals surface area contributed by atoms with Crippen LogP contribution in [0.25, 0.3) is 0 Å². The number of likely N-dealkylation sites (N-methyl/N-ethyl adjacent to an activating group) is 1. The van der Waals surface area contributed by atoms with Gasteiger partial charge in [-0.25, -0.2) is 4.68 Å². The average molecular weight is 422 g/mol. The van der Waals surface area contributed by atoms with E-state index in [0.29, 0.717) is 6.54 Å². The maximum absolute atomic E-state index is 5.70. The largest absolute Gasteiger partial charge is 0.496 e. The van der Waals surface area contributed by atoms with E-state index in [-0.39, 0.29) is 12.8 Å². The Morgan fingerprint density at radius 2 is 1.84 bits per heavy atom. The summed E-state index contributed by atoms with van der Waals surface area (Å²) in [6.45, 7) is 4.64. The molecule has 1 saturated heterocycles. The van der Waals surface area contributed by atoms with E-state index in [2.05, 4.69) is 38.4 Å². The molecule has 0 N–H and O–H groups in total. The summed E-state index contributed by atoms with van der Waals surface area (Å²) in [6.07, 6.45) is 0. The second-order valence-electron chi connectivity index (χ2n) is 7.87. The molecule has 5 rings (SSSR count). The van der Waals surface area contributed by atoms with E-state index < -0.39 is 0 Å². The van der Waals surface area contributed by atoms with Crippen LogP contribution in [0.1, 0.15) is 23.0 Å². The van der Waals surface area contributed by atoms with Gasteiger partial charge in [-0.05, 0) is 41.2 Å². The highest BCUT2D eigenvalue weighted by atomic mass is 16.7. The molecule has 1 fully saturated rings. The summed E-state index contributed by atoms with van der Waals surface area (Å²) in [7, 11) is 3.86. The summed E-state index contributed by atoms with van der Waals surface area (Å²) < 4.78 is 18.5. The van der Waals surface area contributed by atoms with Gasteiger partial charge >= 0.3 is 0 Å². The van der Waals surface area contributed by atoms with Gasteiger partial charge in [0.15, 0.2) is 17.3 Å². The number of hydrogen-bond acceptors (Lipinski definition) is 8. The van der Waals surface area contributed by atoms with Crippen molar-refractivity contribution in [3.63, 3.8) is 0 Å². The van der Waals surface area contributed by atoms with Gasteiger partial charge in [0, 0.05) is 31.7 Å². The van der Waals surface area contributed by atoms with Crippen molar-refractivity contribution in [2.45, 2.75) is 12.6 Å². The monoisotopic (exact) mass is 422 g/mol. The van der Waals surface area contributed by atoms with Crippen LogP contribution in [-0.2, 0) is 6.54 Å². The molecule has 9 nitrogen and oxygen atoms in total.